The van der Waals surface area contributed by atoms with Gasteiger partial charge in [-0.15, -0.1) is 0 Å². The van der Waals surface area contributed by atoms with Crippen LogP contribution in [-0.4, -0.2) is 15.8 Å². The molecule has 1 aromatic carbocycles. The van der Waals surface area contributed by atoms with Gasteiger partial charge in [-0.2, -0.15) is 0 Å². The van der Waals surface area contributed by atoms with Crippen molar-refractivity contribution in [1.29, 1.82) is 0 Å². The smallest absolute Gasteiger partial charge is 0.270 e. The number of nitrogens with zero attached hydrogens (tertiary/aromatic N) is 2. The van der Waals surface area contributed by atoms with Gasteiger partial charge in [0.2, 0.25) is 5.91 Å². The molecule has 0 aliphatic heterocycles. The summed E-state index contributed by atoms with van der Waals surface area (Å²) in [5.41, 5.74) is 0.706. The monoisotopic (exact) mass is 319 g/mol. The lowest BCUT2D eigenvalue weighted by molar-refractivity contribution is -0.384. The number of hydrogen-bond acceptors (Lipinski definition) is 5. The van der Waals surface area contributed by atoms with Gasteiger partial charge in [-0.25, -0.2) is 4.98 Å². The second-order valence-corrected chi connectivity index (χ2v) is 6.70. The van der Waals surface area contributed by atoms with Crippen molar-refractivity contribution in [3.8, 4) is 0 Å². The van der Waals surface area contributed by atoms with Gasteiger partial charge in [0, 0.05) is 18.6 Å². The molecule has 0 atom stereocenters. The van der Waals surface area contributed by atoms with Gasteiger partial charge >= 0.3 is 0 Å². The highest BCUT2D eigenvalue weighted by Crippen LogP contribution is 2.30. The lowest BCUT2D eigenvalue weighted by Crippen LogP contribution is -2.12. The second-order valence-electron chi connectivity index (χ2n) is 5.67. The van der Waals surface area contributed by atoms with Gasteiger partial charge in [0.15, 0.2) is 5.13 Å². The molecular formula is C15H17N3O3S. The first-order valence-corrected chi connectivity index (χ1v) is 8.28. The molecule has 116 valence electrons. The largest absolute Gasteiger partial charge is 0.302 e. The molecule has 6 nitrogen and oxygen atoms in total. The van der Waals surface area contributed by atoms with Crippen molar-refractivity contribution in [3.63, 3.8) is 0 Å². The van der Waals surface area contributed by atoms with E-state index >= 15 is 0 Å². The number of carbonyl (C=O) groups is 1. The Morgan fingerprint density at radius 2 is 2.18 bits per heavy atom. The summed E-state index contributed by atoms with van der Waals surface area (Å²) < 4.78 is 0.709. The van der Waals surface area contributed by atoms with Crippen LogP contribution in [0.25, 0.3) is 10.2 Å². The van der Waals surface area contributed by atoms with Crippen molar-refractivity contribution in [2.24, 2.45) is 5.92 Å². The SMILES string of the molecule is O=C(CCC1CCCC1)Nc1nc2ccc([N+](=O)[O-])cc2s1. The van der Waals surface area contributed by atoms with Crippen molar-refractivity contribution < 1.29 is 9.72 Å². The summed E-state index contributed by atoms with van der Waals surface area (Å²) in [5, 5.41) is 14.1. The van der Waals surface area contributed by atoms with E-state index in [0.29, 0.717) is 27.7 Å². The van der Waals surface area contributed by atoms with Gasteiger partial charge < -0.3 is 5.32 Å². The molecule has 0 spiro atoms. The van der Waals surface area contributed by atoms with E-state index in [1.807, 2.05) is 0 Å². The first-order chi connectivity index (χ1) is 10.6. The van der Waals surface area contributed by atoms with Crippen LogP contribution in [-0.2, 0) is 4.79 Å². The van der Waals surface area contributed by atoms with E-state index in [1.54, 1.807) is 6.07 Å². The summed E-state index contributed by atoms with van der Waals surface area (Å²) in [6.07, 6.45) is 6.48. The van der Waals surface area contributed by atoms with E-state index in [-0.39, 0.29) is 11.6 Å². The van der Waals surface area contributed by atoms with Crippen molar-refractivity contribution in [2.45, 2.75) is 38.5 Å². The van der Waals surface area contributed by atoms with Crippen molar-refractivity contribution in [1.82, 2.24) is 4.98 Å². The summed E-state index contributed by atoms with van der Waals surface area (Å²) in [6, 6.07) is 4.52. The van der Waals surface area contributed by atoms with E-state index < -0.39 is 4.92 Å². The van der Waals surface area contributed by atoms with Crippen LogP contribution in [0.3, 0.4) is 0 Å². The Morgan fingerprint density at radius 1 is 1.41 bits per heavy atom. The lowest BCUT2D eigenvalue weighted by atomic mass is 10.0. The lowest BCUT2D eigenvalue weighted by Gasteiger charge is -2.07. The van der Waals surface area contributed by atoms with Crippen LogP contribution in [0, 0.1) is 16.0 Å². The Hall–Kier alpha value is -2.02. The summed E-state index contributed by atoms with van der Waals surface area (Å²) in [7, 11) is 0. The fraction of sp³-hybridized carbons (Fsp3) is 0.467. The minimum atomic E-state index is -0.432. The number of hydrogen-bond donors (Lipinski definition) is 1. The fourth-order valence-corrected chi connectivity index (χ4v) is 3.81. The average molecular weight is 319 g/mol. The normalized spacial score (nSPS) is 15.3. The van der Waals surface area contributed by atoms with Crippen LogP contribution in [0.4, 0.5) is 10.8 Å². The fourth-order valence-electron chi connectivity index (χ4n) is 2.90. The molecule has 22 heavy (non-hydrogen) atoms. The maximum absolute atomic E-state index is 12.0. The van der Waals surface area contributed by atoms with Crippen molar-refractivity contribution >= 4 is 38.3 Å². The zero-order valence-corrected chi connectivity index (χ0v) is 12.9. The molecule has 1 aliphatic rings. The summed E-state index contributed by atoms with van der Waals surface area (Å²) >= 11 is 1.27. The Bertz CT molecular complexity index is 707. The topological polar surface area (TPSA) is 85.1 Å². The van der Waals surface area contributed by atoms with Crippen LogP contribution in [0.2, 0.25) is 0 Å². The quantitative estimate of drug-likeness (QED) is 0.663. The van der Waals surface area contributed by atoms with Gasteiger partial charge in [-0.3, -0.25) is 14.9 Å². The Morgan fingerprint density at radius 3 is 2.91 bits per heavy atom. The number of fused-ring (bicyclic) bond motifs is 1. The molecule has 0 unspecified atom stereocenters. The number of anilines is 1. The second kappa shape index (κ2) is 6.39. The van der Waals surface area contributed by atoms with Crippen LogP contribution in [0.5, 0.6) is 0 Å². The first-order valence-electron chi connectivity index (χ1n) is 7.46. The number of non-ortho nitro benzene ring substituents is 1. The highest BCUT2D eigenvalue weighted by molar-refractivity contribution is 7.22. The number of aromatic nitrogens is 1. The number of amides is 1. The number of carbonyl (C=O) groups excluding carboxylic acids is 1. The highest BCUT2D eigenvalue weighted by Gasteiger charge is 2.17. The van der Waals surface area contributed by atoms with Gasteiger partial charge in [0.05, 0.1) is 15.1 Å². The van der Waals surface area contributed by atoms with Crippen molar-refractivity contribution in [3.05, 3.63) is 28.3 Å². The molecule has 2 aromatic rings. The van der Waals surface area contributed by atoms with Gasteiger partial charge in [0.1, 0.15) is 0 Å². The summed E-state index contributed by atoms with van der Waals surface area (Å²) in [6.45, 7) is 0. The van der Waals surface area contributed by atoms with Crippen molar-refractivity contribution in [2.75, 3.05) is 5.32 Å². The molecule has 0 bridgehead atoms. The van der Waals surface area contributed by atoms with Crippen LogP contribution < -0.4 is 5.32 Å². The maximum atomic E-state index is 12.0. The molecule has 1 amide bonds. The molecule has 1 heterocycles. The third kappa shape index (κ3) is 3.41. The molecular weight excluding hydrogens is 302 g/mol. The number of nitro groups is 1. The third-order valence-electron chi connectivity index (χ3n) is 4.08. The number of rotatable bonds is 5. The number of nitrogens with one attached hydrogen (secondary N) is 1. The standard InChI is InChI=1S/C15H17N3O3S/c19-14(8-5-10-3-1-2-4-10)17-15-16-12-7-6-11(18(20)21)9-13(12)22-15/h6-7,9-10H,1-5,8H2,(H,16,17,19). The minimum Gasteiger partial charge on any atom is -0.302 e. The van der Waals surface area contributed by atoms with Crippen LogP contribution in [0.15, 0.2) is 18.2 Å². The molecule has 1 N–H and O–H groups in total. The zero-order valence-electron chi connectivity index (χ0n) is 12.1. The highest BCUT2D eigenvalue weighted by atomic mass is 32.1. The molecule has 3 rings (SSSR count). The molecule has 1 aromatic heterocycles. The van der Waals surface area contributed by atoms with E-state index in [0.717, 1.165) is 6.42 Å². The molecule has 1 saturated carbocycles. The van der Waals surface area contributed by atoms with E-state index in [9.17, 15) is 14.9 Å². The van der Waals surface area contributed by atoms with Gasteiger partial charge in [0.25, 0.3) is 5.69 Å². The maximum Gasteiger partial charge on any atom is 0.270 e. The number of nitro benzene ring substituents is 1. The number of benzene rings is 1. The van der Waals surface area contributed by atoms with Gasteiger partial charge in [-0.05, 0) is 18.4 Å². The third-order valence-corrected chi connectivity index (χ3v) is 5.02. The van der Waals surface area contributed by atoms with E-state index in [2.05, 4.69) is 10.3 Å². The zero-order chi connectivity index (χ0) is 15.5. The molecule has 1 aliphatic carbocycles. The Labute approximate surface area is 131 Å². The van der Waals surface area contributed by atoms with Crippen LogP contribution in [0.1, 0.15) is 38.5 Å². The van der Waals surface area contributed by atoms with E-state index in [1.165, 1.54) is 49.2 Å². The first kappa shape index (κ1) is 14.9. The Balaban J connectivity index is 1.63. The molecule has 7 heteroatoms. The minimum absolute atomic E-state index is 0.0274. The molecule has 1 fully saturated rings. The predicted octanol–water partition coefficient (Wildman–Crippen LogP) is 4.11. The van der Waals surface area contributed by atoms with E-state index in [4.69, 9.17) is 0 Å². The summed E-state index contributed by atoms with van der Waals surface area (Å²) in [4.78, 5) is 26.6. The number of thiazole rings is 1. The van der Waals surface area contributed by atoms with Gasteiger partial charge in [-0.1, -0.05) is 37.0 Å². The average Bonchev–Trinajstić information content (AvgIpc) is 3.13. The van der Waals surface area contributed by atoms with Crippen LogP contribution >= 0.6 is 11.3 Å². The molecule has 0 radical (unpaired) electrons. The predicted molar refractivity (Wildman–Crippen MR) is 86.1 cm³/mol. The molecule has 0 saturated heterocycles. The Kier molecular flexibility index (Phi) is 4.33. The summed E-state index contributed by atoms with van der Waals surface area (Å²) in [5.74, 6) is 0.657.